The van der Waals surface area contributed by atoms with Crippen LogP contribution in [0.15, 0.2) is 99.1 Å². The summed E-state index contributed by atoms with van der Waals surface area (Å²) in [5.41, 5.74) is 2.37. The monoisotopic (exact) mass is 616 g/mol. The van der Waals surface area contributed by atoms with E-state index >= 15 is 0 Å². The number of aromatic nitrogens is 3. The Balaban J connectivity index is 1.23. The number of thioether (sulfide) groups is 1. The molecule has 218 valence electrons. The van der Waals surface area contributed by atoms with Crippen molar-refractivity contribution in [3.63, 3.8) is 0 Å². The molecule has 2 amide bonds. The van der Waals surface area contributed by atoms with Gasteiger partial charge < -0.3 is 14.5 Å². The molecule has 3 aromatic heterocycles. The van der Waals surface area contributed by atoms with Gasteiger partial charge in [-0.3, -0.25) is 14.2 Å². The van der Waals surface area contributed by atoms with Gasteiger partial charge in [-0.1, -0.05) is 30.0 Å². The Kier molecular flexibility index (Phi) is 8.34. The fourth-order valence-corrected chi connectivity index (χ4v) is 6.17. The second-order valence-electron chi connectivity index (χ2n) is 9.41. The van der Waals surface area contributed by atoms with Crippen LogP contribution in [0.3, 0.4) is 0 Å². The highest BCUT2D eigenvalue weighted by Crippen LogP contribution is 2.35. The molecule has 10 nitrogen and oxygen atoms in total. The van der Waals surface area contributed by atoms with Crippen molar-refractivity contribution in [2.24, 2.45) is 5.10 Å². The summed E-state index contributed by atoms with van der Waals surface area (Å²) in [5, 5.41) is 20.0. The number of furan rings is 1. The molecule has 1 N–H and O–H groups in total. The second-order valence-corrected chi connectivity index (χ2v) is 11.3. The number of nitrogens with zero attached hydrogens (tertiary/aromatic N) is 5. The maximum atomic E-state index is 13.7. The van der Waals surface area contributed by atoms with Gasteiger partial charge in [-0.15, -0.1) is 21.5 Å². The molecule has 2 aromatic carbocycles. The number of thiophene rings is 1. The van der Waals surface area contributed by atoms with Crippen LogP contribution in [0.5, 0.6) is 5.75 Å². The molecule has 6 rings (SSSR count). The highest BCUT2D eigenvalue weighted by Gasteiger charge is 2.33. The van der Waals surface area contributed by atoms with Gasteiger partial charge in [0.1, 0.15) is 11.6 Å². The molecule has 1 unspecified atom stereocenters. The second kappa shape index (κ2) is 12.6. The molecule has 1 aliphatic rings. The molecule has 0 bridgehead atoms. The average molecular weight is 617 g/mol. The summed E-state index contributed by atoms with van der Waals surface area (Å²) in [6, 6.07) is 20.3. The van der Waals surface area contributed by atoms with E-state index in [1.54, 1.807) is 47.3 Å². The Labute approximate surface area is 254 Å². The Hall–Kier alpha value is -4.75. The van der Waals surface area contributed by atoms with Gasteiger partial charge in [0.15, 0.2) is 16.7 Å². The molecular weight excluding hydrogens is 592 g/mol. The summed E-state index contributed by atoms with van der Waals surface area (Å²) in [6.45, 7) is 0.0263. The largest absolute Gasteiger partial charge is 0.497 e. The van der Waals surface area contributed by atoms with E-state index in [0.717, 1.165) is 21.9 Å². The number of carbonyl (C=O) groups excluding carboxylic acids is 2. The Morgan fingerprint density at radius 1 is 1.09 bits per heavy atom. The van der Waals surface area contributed by atoms with Crippen molar-refractivity contribution >= 4 is 40.6 Å². The Morgan fingerprint density at radius 3 is 2.60 bits per heavy atom. The molecule has 0 saturated carbocycles. The predicted molar refractivity (Wildman–Crippen MR) is 160 cm³/mol. The van der Waals surface area contributed by atoms with Crippen LogP contribution in [0, 0.1) is 5.82 Å². The van der Waals surface area contributed by atoms with Crippen molar-refractivity contribution in [1.29, 1.82) is 0 Å². The smallest absolute Gasteiger partial charge is 0.287 e. The maximum Gasteiger partial charge on any atom is 0.287 e. The number of methoxy groups -OCH3 is 1. The number of benzene rings is 2. The van der Waals surface area contributed by atoms with E-state index in [0.29, 0.717) is 23.1 Å². The average Bonchev–Trinajstić information content (AvgIpc) is 3.86. The number of ether oxygens (including phenoxy) is 1. The van der Waals surface area contributed by atoms with E-state index in [4.69, 9.17) is 14.3 Å². The number of hydrazone groups is 1. The molecular formula is C30H25FN6O4S2. The molecule has 5 aromatic rings. The normalized spacial score (nSPS) is 14.5. The number of nitrogens with one attached hydrogen (secondary N) is 1. The minimum Gasteiger partial charge on any atom is -0.497 e. The summed E-state index contributed by atoms with van der Waals surface area (Å²) in [6.07, 6.45) is 1.99. The summed E-state index contributed by atoms with van der Waals surface area (Å²) < 4.78 is 25.9. The Bertz CT molecular complexity index is 1740. The first-order chi connectivity index (χ1) is 21.0. The van der Waals surface area contributed by atoms with Gasteiger partial charge in [-0.05, 0) is 65.5 Å². The van der Waals surface area contributed by atoms with E-state index < -0.39 is 11.7 Å². The minimum absolute atomic E-state index is 0.0198. The van der Waals surface area contributed by atoms with Crippen molar-refractivity contribution in [1.82, 2.24) is 25.1 Å². The van der Waals surface area contributed by atoms with Gasteiger partial charge >= 0.3 is 0 Å². The van der Waals surface area contributed by atoms with Gasteiger partial charge in [-0.25, -0.2) is 9.40 Å². The first-order valence-corrected chi connectivity index (χ1v) is 15.1. The van der Waals surface area contributed by atoms with Crippen LogP contribution < -0.4 is 10.1 Å². The topological polar surface area (TPSA) is 115 Å². The molecule has 0 saturated heterocycles. The lowest BCUT2D eigenvalue weighted by Gasteiger charge is -2.22. The van der Waals surface area contributed by atoms with Crippen LogP contribution in [0.4, 0.5) is 4.39 Å². The molecule has 0 aliphatic carbocycles. The molecule has 43 heavy (non-hydrogen) atoms. The maximum absolute atomic E-state index is 13.7. The van der Waals surface area contributed by atoms with Crippen LogP contribution in [-0.4, -0.2) is 50.2 Å². The van der Waals surface area contributed by atoms with Crippen molar-refractivity contribution in [2.75, 3.05) is 12.9 Å². The van der Waals surface area contributed by atoms with Crippen LogP contribution >= 0.6 is 23.1 Å². The summed E-state index contributed by atoms with van der Waals surface area (Å²) in [4.78, 5) is 27.2. The van der Waals surface area contributed by atoms with Crippen LogP contribution in [0.1, 0.15) is 39.3 Å². The van der Waals surface area contributed by atoms with E-state index in [1.807, 2.05) is 41.8 Å². The molecule has 0 spiro atoms. The van der Waals surface area contributed by atoms with Crippen molar-refractivity contribution in [3.05, 3.63) is 112 Å². The standard InChI is InChI=1S/C30H25FN6O4S2/c1-40-22-12-6-19(7-13-22)24-16-23(26-5-3-15-42-26)35-37(24)28(38)18-43-30-34-33-27(17-32-29(39)25-4-2-14-41-25)36(30)21-10-8-20(31)9-11-21/h2-15,24H,16-18H2,1H3,(H,32,39). The third-order valence-electron chi connectivity index (χ3n) is 6.73. The molecule has 0 fully saturated rings. The van der Waals surface area contributed by atoms with Crippen molar-refractivity contribution in [2.45, 2.75) is 24.2 Å². The Morgan fingerprint density at radius 2 is 1.91 bits per heavy atom. The van der Waals surface area contributed by atoms with E-state index in [2.05, 4.69) is 15.5 Å². The molecule has 4 heterocycles. The molecule has 1 atom stereocenters. The van der Waals surface area contributed by atoms with Gasteiger partial charge in [-0.2, -0.15) is 5.10 Å². The van der Waals surface area contributed by atoms with Crippen LogP contribution in [0.25, 0.3) is 5.69 Å². The quantitative estimate of drug-likeness (QED) is 0.207. The third kappa shape index (κ3) is 6.22. The van der Waals surface area contributed by atoms with Crippen molar-refractivity contribution < 1.29 is 23.1 Å². The van der Waals surface area contributed by atoms with Crippen LogP contribution in [-0.2, 0) is 11.3 Å². The van der Waals surface area contributed by atoms with Gasteiger partial charge in [0.2, 0.25) is 0 Å². The van der Waals surface area contributed by atoms with Crippen molar-refractivity contribution in [3.8, 4) is 11.4 Å². The summed E-state index contributed by atoms with van der Waals surface area (Å²) in [5.74, 6) is 0.285. The minimum atomic E-state index is -0.416. The summed E-state index contributed by atoms with van der Waals surface area (Å²) in [7, 11) is 1.61. The van der Waals surface area contributed by atoms with Gasteiger partial charge in [0.25, 0.3) is 11.8 Å². The highest BCUT2D eigenvalue weighted by atomic mass is 32.2. The number of carbonyl (C=O) groups is 2. The molecule has 1 aliphatic heterocycles. The number of amides is 2. The number of halogens is 1. The zero-order valence-corrected chi connectivity index (χ0v) is 24.5. The van der Waals surface area contributed by atoms with Gasteiger partial charge in [0.05, 0.1) is 42.3 Å². The molecule has 13 heteroatoms. The van der Waals surface area contributed by atoms with E-state index in [1.165, 1.54) is 35.2 Å². The fraction of sp³-hybridized carbons (Fsp3) is 0.167. The lowest BCUT2D eigenvalue weighted by molar-refractivity contribution is -0.130. The highest BCUT2D eigenvalue weighted by molar-refractivity contribution is 7.99. The lowest BCUT2D eigenvalue weighted by atomic mass is 10.0. The predicted octanol–water partition coefficient (Wildman–Crippen LogP) is 5.47. The van der Waals surface area contributed by atoms with Gasteiger partial charge in [0, 0.05) is 12.1 Å². The number of rotatable bonds is 10. The molecule has 0 radical (unpaired) electrons. The SMILES string of the molecule is COc1ccc(C2CC(c3cccs3)=NN2C(=O)CSc2nnc(CNC(=O)c3ccco3)n2-c2ccc(F)cc2)cc1. The lowest BCUT2D eigenvalue weighted by Crippen LogP contribution is -2.28. The summed E-state index contributed by atoms with van der Waals surface area (Å²) >= 11 is 2.76. The first-order valence-electron chi connectivity index (χ1n) is 13.2. The van der Waals surface area contributed by atoms with Crippen LogP contribution in [0.2, 0.25) is 0 Å². The number of hydrogen-bond donors (Lipinski definition) is 1. The first kappa shape index (κ1) is 28.4. The zero-order valence-electron chi connectivity index (χ0n) is 22.8. The third-order valence-corrected chi connectivity index (χ3v) is 8.57. The van der Waals surface area contributed by atoms with E-state index in [9.17, 15) is 14.0 Å². The number of hydrogen-bond acceptors (Lipinski definition) is 9. The zero-order chi connectivity index (χ0) is 29.8. The van der Waals surface area contributed by atoms with E-state index in [-0.39, 0.29) is 30.0 Å². The fourth-order valence-electron chi connectivity index (χ4n) is 4.62.